The average Bonchev–Trinajstić information content (AvgIpc) is 2.55. The minimum absolute atomic E-state index is 0.00966. The second-order valence-electron chi connectivity index (χ2n) is 6.24. The van der Waals surface area contributed by atoms with E-state index in [1.54, 1.807) is 6.07 Å². The van der Waals surface area contributed by atoms with Crippen LogP contribution in [0.4, 0.5) is 15.8 Å². The maximum absolute atomic E-state index is 13.9. The van der Waals surface area contributed by atoms with Crippen LogP contribution in [0.3, 0.4) is 0 Å². The molecule has 2 aromatic carbocycles. The zero-order chi connectivity index (χ0) is 19.3. The van der Waals surface area contributed by atoms with Crippen molar-refractivity contribution < 1.29 is 17.6 Å². The largest absolute Gasteiger partial charge is 0.326 e. The van der Waals surface area contributed by atoms with Crippen molar-refractivity contribution in [3.8, 4) is 0 Å². The van der Waals surface area contributed by atoms with Gasteiger partial charge in [0.2, 0.25) is 15.9 Å². The lowest BCUT2D eigenvalue weighted by atomic mass is 10.1. The van der Waals surface area contributed by atoms with Crippen molar-refractivity contribution in [3.05, 3.63) is 59.4 Å². The quantitative estimate of drug-likeness (QED) is 0.800. The van der Waals surface area contributed by atoms with Crippen LogP contribution in [-0.4, -0.2) is 27.1 Å². The molecular formula is C19H23FN2O3S. The second kappa shape index (κ2) is 8.31. The van der Waals surface area contributed by atoms with Gasteiger partial charge in [0.1, 0.15) is 5.82 Å². The molecule has 5 nitrogen and oxygen atoms in total. The third kappa shape index (κ3) is 5.29. The van der Waals surface area contributed by atoms with Gasteiger partial charge in [-0.25, -0.2) is 12.8 Å². The molecule has 0 saturated heterocycles. The van der Waals surface area contributed by atoms with Gasteiger partial charge in [-0.1, -0.05) is 18.2 Å². The zero-order valence-corrected chi connectivity index (χ0v) is 15.9. The van der Waals surface area contributed by atoms with E-state index in [1.807, 2.05) is 32.0 Å². The molecule has 2 aromatic rings. The first kappa shape index (κ1) is 19.9. The number of carbonyl (C=O) groups is 1. The van der Waals surface area contributed by atoms with Gasteiger partial charge in [0, 0.05) is 18.7 Å². The number of aryl methyl sites for hydroxylation is 2. The molecule has 140 valence electrons. The fourth-order valence-electron chi connectivity index (χ4n) is 2.54. The maximum atomic E-state index is 13.9. The Bertz CT molecular complexity index is 897. The van der Waals surface area contributed by atoms with Gasteiger partial charge in [-0.15, -0.1) is 0 Å². The predicted molar refractivity (Wildman–Crippen MR) is 102 cm³/mol. The number of sulfonamides is 1. The highest BCUT2D eigenvalue weighted by Gasteiger charge is 2.20. The van der Waals surface area contributed by atoms with Gasteiger partial charge in [-0.3, -0.25) is 9.10 Å². The van der Waals surface area contributed by atoms with Crippen LogP contribution in [0.5, 0.6) is 0 Å². The van der Waals surface area contributed by atoms with Crippen molar-refractivity contribution in [2.45, 2.75) is 26.7 Å². The first-order chi connectivity index (χ1) is 12.2. The van der Waals surface area contributed by atoms with Crippen molar-refractivity contribution in [3.63, 3.8) is 0 Å². The third-order valence-electron chi connectivity index (χ3n) is 4.08. The molecule has 0 saturated carbocycles. The molecule has 0 heterocycles. The highest BCUT2D eigenvalue weighted by atomic mass is 32.2. The molecular weight excluding hydrogens is 355 g/mol. The molecule has 0 aliphatic rings. The summed E-state index contributed by atoms with van der Waals surface area (Å²) in [6.07, 6.45) is 1.43. The Balaban J connectivity index is 1.98. The number of nitrogens with one attached hydrogen (secondary N) is 1. The van der Waals surface area contributed by atoms with Gasteiger partial charge in [-0.05, 0) is 55.7 Å². The van der Waals surface area contributed by atoms with Gasteiger partial charge in [0.25, 0.3) is 0 Å². The van der Waals surface area contributed by atoms with Gasteiger partial charge in [-0.2, -0.15) is 0 Å². The number of para-hydroxylation sites is 1. The van der Waals surface area contributed by atoms with Crippen molar-refractivity contribution >= 4 is 27.3 Å². The summed E-state index contributed by atoms with van der Waals surface area (Å²) < 4.78 is 38.9. The van der Waals surface area contributed by atoms with Crippen molar-refractivity contribution in [2.75, 3.05) is 22.4 Å². The van der Waals surface area contributed by atoms with E-state index in [4.69, 9.17) is 0 Å². The number of carbonyl (C=O) groups excluding carboxylic acids is 1. The number of rotatable bonds is 7. The molecule has 0 unspecified atom stereocenters. The third-order valence-corrected chi connectivity index (χ3v) is 5.26. The lowest BCUT2D eigenvalue weighted by molar-refractivity contribution is -0.116. The smallest absolute Gasteiger partial charge is 0.232 e. The predicted octanol–water partition coefficient (Wildman–Crippen LogP) is 3.63. The van der Waals surface area contributed by atoms with E-state index in [-0.39, 0.29) is 31.0 Å². The second-order valence-corrected chi connectivity index (χ2v) is 8.14. The van der Waals surface area contributed by atoms with Crippen LogP contribution in [0.1, 0.15) is 24.0 Å². The molecule has 1 N–H and O–H groups in total. The summed E-state index contributed by atoms with van der Waals surface area (Å²) in [6, 6.07) is 11.3. The molecule has 0 radical (unpaired) electrons. The van der Waals surface area contributed by atoms with E-state index in [0.717, 1.165) is 21.7 Å². The molecule has 1 amide bonds. The van der Waals surface area contributed by atoms with Crippen LogP contribution < -0.4 is 9.62 Å². The number of benzene rings is 2. The van der Waals surface area contributed by atoms with Crippen LogP contribution >= 0.6 is 0 Å². The Labute approximate surface area is 153 Å². The standard InChI is InChI=1S/C19H23FN2O3S/c1-14-10-11-16(13-15(14)2)21-19(23)9-6-12-22(26(3,24)25)18-8-5-4-7-17(18)20/h4-5,7-8,10-11,13H,6,9,12H2,1-3H3,(H,21,23). The van der Waals surface area contributed by atoms with E-state index >= 15 is 0 Å². The van der Waals surface area contributed by atoms with E-state index in [1.165, 1.54) is 18.2 Å². The van der Waals surface area contributed by atoms with E-state index < -0.39 is 15.8 Å². The Morgan fingerprint density at radius 3 is 2.42 bits per heavy atom. The maximum Gasteiger partial charge on any atom is 0.232 e. The highest BCUT2D eigenvalue weighted by Crippen LogP contribution is 2.22. The summed E-state index contributed by atoms with van der Waals surface area (Å²) in [5.41, 5.74) is 2.90. The topological polar surface area (TPSA) is 66.5 Å². The number of hydrogen-bond acceptors (Lipinski definition) is 3. The first-order valence-corrected chi connectivity index (χ1v) is 10.1. The van der Waals surface area contributed by atoms with Gasteiger partial charge >= 0.3 is 0 Å². The zero-order valence-electron chi connectivity index (χ0n) is 15.1. The van der Waals surface area contributed by atoms with Crippen LogP contribution in [0, 0.1) is 19.7 Å². The highest BCUT2D eigenvalue weighted by molar-refractivity contribution is 7.92. The van der Waals surface area contributed by atoms with E-state index in [9.17, 15) is 17.6 Å². The Morgan fingerprint density at radius 1 is 1.12 bits per heavy atom. The number of amides is 1. The summed E-state index contributed by atoms with van der Waals surface area (Å²) in [5.74, 6) is -0.826. The molecule has 0 aliphatic heterocycles. The van der Waals surface area contributed by atoms with Crippen LogP contribution in [0.15, 0.2) is 42.5 Å². The molecule has 7 heteroatoms. The van der Waals surface area contributed by atoms with Crippen LogP contribution in [0.25, 0.3) is 0 Å². The number of halogens is 1. The van der Waals surface area contributed by atoms with E-state index in [2.05, 4.69) is 5.32 Å². The van der Waals surface area contributed by atoms with E-state index in [0.29, 0.717) is 5.69 Å². The Morgan fingerprint density at radius 2 is 1.81 bits per heavy atom. The fourth-order valence-corrected chi connectivity index (χ4v) is 3.51. The Hall–Kier alpha value is -2.41. The summed E-state index contributed by atoms with van der Waals surface area (Å²) in [7, 11) is -3.65. The molecule has 0 atom stereocenters. The molecule has 0 aromatic heterocycles. The van der Waals surface area contributed by atoms with Crippen LogP contribution in [-0.2, 0) is 14.8 Å². The monoisotopic (exact) mass is 378 g/mol. The lowest BCUT2D eigenvalue weighted by Crippen LogP contribution is -2.32. The van der Waals surface area contributed by atoms with Crippen LogP contribution in [0.2, 0.25) is 0 Å². The molecule has 0 bridgehead atoms. The van der Waals surface area contributed by atoms with Gasteiger partial charge < -0.3 is 5.32 Å². The summed E-state index contributed by atoms with van der Waals surface area (Å²) >= 11 is 0. The summed E-state index contributed by atoms with van der Waals surface area (Å²) in [4.78, 5) is 12.1. The average molecular weight is 378 g/mol. The normalized spacial score (nSPS) is 11.2. The lowest BCUT2D eigenvalue weighted by Gasteiger charge is -2.22. The van der Waals surface area contributed by atoms with Gasteiger partial charge in [0.05, 0.1) is 11.9 Å². The van der Waals surface area contributed by atoms with Gasteiger partial charge in [0.15, 0.2) is 0 Å². The molecule has 26 heavy (non-hydrogen) atoms. The molecule has 0 spiro atoms. The Kier molecular flexibility index (Phi) is 6.37. The molecule has 2 rings (SSSR count). The number of hydrogen-bond donors (Lipinski definition) is 1. The minimum Gasteiger partial charge on any atom is -0.326 e. The van der Waals surface area contributed by atoms with Crippen molar-refractivity contribution in [2.24, 2.45) is 0 Å². The summed E-state index contributed by atoms with van der Waals surface area (Å²) in [5, 5.41) is 2.79. The van der Waals surface area contributed by atoms with Crippen molar-refractivity contribution in [1.82, 2.24) is 0 Å². The number of anilines is 2. The summed E-state index contributed by atoms with van der Waals surface area (Å²) in [6.45, 7) is 3.98. The van der Waals surface area contributed by atoms with Crippen molar-refractivity contribution in [1.29, 1.82) is 0 Å². The molecule has 0 fully saturated rings. The fraction of sp³-hybridized carbons (Fsp3) is 0.316. The SMILES string of the molecule is Cc1ccc(NC(=O)CCCN(c2ccccc2F)S(C)(=O)=O)cc1C. The minimum atomic E-state index is -3.65. The number of nitrogens with zero attached hydrogens (tertiary/aromatic N) is 1. The molecule has 0 aliphatic carbocycles. The first-order valence-electron chi connectivity index (χ1n) is 8.28.